The Balaban J connectivity index is 0.00000320. The first kappa shape index (κ1) is 24.7. The van der Waals surface area contributed by atoms with Gasteiger partial charge in [0.1, 0.15) is 0 Å². The van der Waals surface area contributed by atoms with E-state index in [9.17, 15) is 13.2 Å². The van der Waals surface area contributed by atoms with Crippen LogP contribution in [0.25, 0.3) is 10.2 Å². The molecule has 2 aromatic carbocycles. The number of hydrogen-bond donors (Lipinski definition) is 0. The van der Waals surface area contributed by atoms with Gasteiger partial charge in [-0.15, -0.1) is 12.4 Å². The van der Waals surface area contributed by atoms with Gasteiger partial charge in [-0.3, -0.25) is 9.69 Å². The molecule has 0 saturated heterocycles. The summed E-state index contributed by atoms with van der Waals surface area (Å²) >= 11 is 4.88. The molecule has 162 valence electrons. The van der Waals surface area contributed by atoms with Crippen LogP contribution < -0.4 is 4.90 Å². The number of hydrogen-bond acceptors (Lipinski definition) is 6. The minimum atomic E-state index is -3.54. The number of carbonyl (C=O) groups is 1. The van der Waals surface area contributed by atoms with Crippen LogP contribution >= 0.6 is 39.7 Å². The fraction of sp³-hybridized carbons (Fsp3) is 0.300. The van der Waals surface area contributed by atoms with Gasteiger partial charge in [0, 0.05) is 17.3 Å². The Kier molecular flexibility index (Phi) is 8.41. The van der Waals surface area contributed by atoms with E-state index >= 15 is 0 Å². The zero-order chi connectivity index (χ0) is 21.2. The van der Waals surface area contributed by atoms with Crippen molar-refractivity contribution >= 4 is 70.8 Å². The number of aromatic nitrogens is 1. The molecule has 0 radical (unpaired) electrons. The first-order valence-corrected chi connectivity index (χ1v) is 12.5. The first-order valence-electron chi connectivity index (χ1n) is 8.98. The van der Waals surface area contributed by atoms with E-state index in [0.29, 0.717) is 11.7 Å². The summed E-state index contributed by atoms with van der Waals surface area (Å²) in [6.45, 7) is 1.24. The molecule has 0 aliphatic carbocycles. The van der Waals surface area contributed by atoms with Gasteiger partial charge in [-0.1, -0.05) is 39.4 Å². The van der Waals surface area contributed by atoms with Crippen molar-refractivity contribution in [3.8, 4) is 0 Å². The maximum absolute atomic E-state index is 13.4. The van der Waals surface area contributed by atoms with E-state index in [4.69, 9.17) is 0 Å². The normalized spacial score (nSPS) is 11.5. The van der Waals surface area contributed by atoms with Gasteiger partial charge in [0.15, 0.2) is 15.0 Å². The third kappa shape index (κ3) is 5.79. The Morgan fingerprint density at radius 2 is 1.83 bits per heavy atom. The molecule has 0 saturated carbocycles. The van der Waals surface area contributed by atoms with Crippen LogP contribution in [0, 0.1) is 0 Å². The maximum Gasteiger partial charge on any atom is 0.261 e. The van der Waals surface area contributed by atoms with Gasteiger partial charge in [-0.05, 0) is 57.4 Å². The molecule has 0 unspecified atom stereocenters. The molecule has 0 bridgehead atoms. The second kappa shape index (κ2) is 10.2. The number of anilines is 1. The van der Waals surface area contributed by atoms with Crippen molar-refractivity contribution < 1.29 is 13.2 Å². The third-order valence-corrected chi connectivity index (χ3v) is 7.01. The molecule has 1 amide bonds. The largest absolute Gasteiger partial charge is 0.309 e. The number of nitrogens with zero attached hydrogens (tertiary/aromatic N) is 3. The van der Waals surface area contributed by atoms with E-state index in [0.717, 1.165) is 33.9 Å². The van der Waals surface area contributed by atoms with E-state index in [1.54, 1.807) is 23.1 Å². The number of benzene rings is 2. The number of halogens is 2. The Labute approximate surface area is 195 Å². The predicted molar refractivity (Wildman–Crippen MR) is 129 cm³/mol. The minimum Gasteiger partial charge on any atom is -0.309 e. The molecule has 1 aromatic heterocycles. The minimum absolute atomic E-state index is 0. The van der Waals surface area contributed by atoms with Crippen molar-refractivity contribution in [1.29, 1.82) is 0 Å². The average molecular weight is 533 g/mol. The lowest BCUT2D eigenvalue weighted by Gasteiger charge is -2.22. The zero-order valence-corrected chi connectivity index (χ0v) is 20.9. The summed E-state index contributed by atoms with van der Waals surface area (Å²) < 4.78 is 26.3. The average Bonchev–Trinajstić information content (AvgIpc) is 3.06. The summed E-state index contributed by atoms with van der Waals surface area (Å²) in [6.07, 6.45) is 1.85. The Hall–Kier alpha value is -1.52. The van der Waals surface area contributed by atoms with Crippen LogP contribution in [0.4, 0.5) is 5.13 Å². The highest BCUT2D eigenvalue weighted by molar-refractivity contribution is 9.10. The van der Waals surface area contributed by atoms with Gasteiger partial charge in [0.2, 0.25) is 0 Å². The number of amides is 1. The van der Waals surface area contributed by atoms with E-state index in [1.165, 1.54) is 17.4 Å². The van der Waals surface area contributed by atoms with Gasteiger partial charge in [-0.25, -0.2) is 13.4 Å². The van der Waals surface area contributed by atoms with E-state index in [1.807, 2.05) is 37.2 Å². The maximum atomic E-state index is 13.4. The van der Waals surface area contributed by atoms with Crippen molar-refractivity contribution in [2.24, 2.45) is 0 Å². The second-order valence-corrected chi connectivity index (χ2v) is 10.9. The summed E-state index contributed by atoms with van der Waals surface area (Å²) in [7, 11) is 0.408. The SMILES string of the molecule is CN(C)CCCN(C(=O)c1ccccc1S(C)(=O)=O)c1nc2ccc(Br)cc2s1.Cl. The first-order chi connectivity index (χ1) is 13.7. The highest BCUT2D eigenvalue weighted by Gasteiger charge is 2.26. The molecule has 3 rings (SSSR count). The molecular formula is C20H23BrClN3O3S2. The van der Waals surface area contributed by atoms with Crippen LogP contribution in [-0.2, 0) is 9.84 Å². The van der Waals surface area contributed by atoms with Crippen molar-refractivity contribution in [3.05, 3.63) is 52.5 Å². The fourth-order valence-corrected chi connectivity index (χ4v) is 5.37. The van der Waals surface area contributed by atoms with Gasteiger partial charge >= 0.3 is 0 Å². The molecule has 1 heterocycles. The summed E-state index contributed by atoms with van der Waals surface area (Å²) in [5.41, 5.74) is 0.968. The van der Waals surface area contributed by atoms with Crippen molar-refractivity contribution in [1.82, 2.24) is 9.88 Å². The Morgan fingerprint density at radius 3 is 2.50 bits per heavy atom. The predicted octanol–water partition coefficient (Wildman–Crippen LogP) is 4.48. The fourth-order valence-electron chi connectivity index (χ4n) is 2.94. The monoisotopic (exact) mass is 531 g/mol. The van der Waals surface area contributed by atoms with E-state index in [-0.39, 0.29) is 28.8 Å². The summed E-state index contributed by atoms with van der Waals surface area (Å²) in [5.74, 6) is -0.358. The van der Waals surface area contributed by atoms with Crippen LogP contribution in [0.5, 0.6) is 0 Å². The highest BCUT2D eigenvalue weighted by atomic mass is 79.9. The topological polar surface area (TPSA) is 70.6 Å². The second-order valence-electron chi connectivity index (χ2n) is 6.99. The number of thiazole rings is 1. The quantitative estimate of drug-likeness (QED) is 0.449. The molecule has 0 atom stereocenters. The molecule has 0 fully saturated rings. The number of carbonyl (C=O) groups excluding carboxylic acids is 1. The smallest absolute Gasteiger partial charge is 0.261 e. The molecule has 3 aromatic rings. The van der Waals surface area contributed by atoms with Crippen LogP contribution in [0.15, 0.2) is 51.8 Å². The molecule has 10 heteroatoms. The third-order valence-electron chi connectivity index (χ3n) is 4.32. The number of rotatable bonds is 7. The molecule has 30 heavy (non-hydrogen) atoms. The zero-order valence-electron chi connectivity index (χ0n) is 16.8. The Morgan fingerprint density at radius 1 is 1.13 bits per heavy atom. The summed E-state index contributed by atoms with van der Waals surface area (Å²) in [6, 6.07) is 12.1. The van der Waals surface area contributed by atoms with E-state index in [2.05, 4.69) is 20.9 Å². The lowest BCUT2D eigenvalue weighted by molar-refractivity contribution is 0.0983. The molecule has 6 nitrogen and oxygen atoms in total. The number of sulfone groups is 1. The molecule has 0 aliphatic heterocycles. The van der Waals surface area contributed by atoms with Gasteiger partial charge < -0.3 is 4.90 Å². The van der Waals surface area contributed by atoms with Crippen LogP contribution in [-0.4, -0.2) is 57.6 Å². The highest BCUT2D eigenvalue weighted by Crippen LogP contribution is 2.32. The van der Waals surface area contributed by atoms with Gasteiger partial charge in [0.25, 0.3) is 5.91 Å². The number of fused-ring (bicyclic) bond motifs is 1. The van der Waals surface area contributed by atoms with Crippen molar-refractivity contribution in [2.45, 2.75) is 11.3 Å². The summed E-state index contributed by atoms with van der Waals surface area (Å²) in [5, 5.41) is 0.560. The molecule has 0 spiro atoms. The lowest BCUT2D eigenvalue weighted by atomic mass is 10.2. The van der Waals surface area contributed by atoms with Crippen LogP contribution in [0.3, 0.4) is 0 Å². The standard InChI is InChI=1S/C20H22BrN3O3S2.ClH/c1-23(2)11-6-12-24(20-22-16-10-9-14(21)13-17(16)28-20)19(25)15-7-4-5-8-18(15)29(3,26)27;/h4-5,7-10,13H,6,11-12H2,1-3H3;1H. The van der Waals surface area contributed by atoms with Crippen LogP contribution in [0.1, 0.15) is 16.8 Å². The summed E-state index contributed by atoms with van der Waals surface area (Å²) in [4.78, 5) is 21.7. The Bertz CT molecular complexity index is 1150. The molecule has 0 N–H and O–H groups in total. The molecule has 0 aliphatic rings. The van der Waals surface area contributed by atoms with E-state index < -0.39 is 9.84 Å². The van der Waals surface area contributed by atoms with Crippen molar-refractivity contribution in [3.63, 3.8) is 0 Å². The lowest BCUT2D eigenvalue weighted by Crippen LogP contribution is -2.34. The van der Waals surface area contributed by atoms with Gasteiger partial charge in [-0.2, -0.15) is 0 Å². The van der Waals surface area contributed by atoms with Gasteiger partial charge in [0.05, 0.1) is 20.7 Å². The van der Waals surface area contributed by atoms with Crippen LogP contribution in [0.2, 0.25) is 0 Å². The molecular weight excluding hydrogens is 510 g/mol. The van der Waals surface area contributed by atoms with Crippen molar-refractivity contribution in [2.75, 3.05) is 38.3 Å².